The van der Waals surface area contributed by atoms with Crippen molar-refractivity contribution >= 4 is 15.9 Å². The molecule has 3 rings (SSSR count). The van der Waals surface area contributed by atoms with Gasteiger partial charge in [0, 0.05) is 28.1 Å². The highest BCUT2D eigenvalue weighted by Gasteiger charge is 2.29. The van der Waals surface area contributed by atoms with Crippen LogP contribution in [0.3, 0.4) is 0 Å². The topological polar surface area (TPSA) is 29.5 Å². The summed E-state index contributed by atoms with van der Waals surface area (Å²) in [6, 6.07) is 8.61. The summed E-state index contributed by atoms with van der Waals surface area (Å²) in [5, 5.41) is 10.1. The molecule has 0 aromatic heterocycles. The number of aliphatic hydroxyl groups is 1. The molecule has 0 radical (unpaired) electrons. The standard InChI is InChI=1S/C15H11BrF2O2/c16-8-1-3-10(12(18)5-8)15-7-13(19)11-4-2-9(17)6-14(11)20-15/h1-6,13,15,19H,7H2/t13-,15?/m0/s1. The second kappa shape index (κ2) is 5.14. The fourth-order valence-electron chi connectivity index (χ4n) is 2.37. The monoisotopic (exact) mass is 340 g/mol. The molecule has 0 bridgehead atoms. The largest absolute Gasteiger partial charge is 0.485 e. The van der Waals surface area contributed by atoms with E-state index in [-0.39, 0.29) is 12.2 Å². The lowest BCUT2D eigenvalue weighted by Crippen LogP contribution is -2.20. The highest BCUT2D eigenvalue weighted by molar-refractivity contribution is 9.10. The number of rotatable bonds is 1. The van der Waals surface area contributed by atoms with Crippen LogP contribution in [0.15, 0.2) is 40.9 Å². The molecule has 1 unspecified atom stereocenters. The molecule has 1 heterocycles. The van der Waals surface area contributed by atoms with Crippen LogP contribution in [0.1, 0.15) is 29.8 Å². The molecule has 2 aromatic carbocycles. The van der Waals surface area contributed by atoms with Crippen molar-refractivity contribution in [3.63, 3.8) is 0 Å². The van der Waals surface area contributed by atoms with Gasteiger partial charge in [-0.3, -0.25) is 0 Å². The summed E-state index contributed by atoms with van der Waals surface area (Å²) in [4.78, 5) is 0. The number of fused-ring (bicyclic) bond motifs is 1. The van der Waals surface area contributed by atoms with Crippen LogP contribution >= 0.6 is 15.9 Å². The summed E-state index contributed by atoms with van der Waals surface area (Å²) in [7, 11) is 0. The van der Waals surface area contributed by atoms with Gasteiger partial charge in [0.05, 0.1) is 6.10 Å². The Balaban J connectivity index is 1.98. The SMILES string of the molecule is O[C@H]1CC(c2ccc(Br)cc2F)Oc2cc(F)ccc21. The lowest BCUT2D eigenvalue weighted by molar-refractivity contribution is 0.0636. The Morgan fingerprint density at radius 1 is 1.10 bits per heavy atom. The van der Waals surface area contributed by atoms with Crippen molar-refractivity contribution in [3.8, 4) is 5.75 Å². The minimum absolute atomic E-state index is 0.233. The van der Waals surface area contributed by atoms with Crippen LogP contribution in [-0.4, -0.2) is 5.11 Å². The third kappa shape index (κ3) is 2.43. The van der Waals surface area contributed by atoms with Crippen LogP contribution < -0.4 is 4.74 Å². The molecule has 2 aromatic rings. The number of aliphatic hydroxyl groups excluding tert-OH is 1. The first-order valence-corrected chi connectivity index (χ1v) is 6.93. The van der Waals surface area contributed by atoms with Gasteiger partial charge in [-0.25, -0.2) is 8.78 Å². The molecule has 0 aliphatic carbocycles. The Bertz CT molecular complexity index is 660. The summed E-state index contributed by atoms with van der Waals surface area (Å²) in [5.74, 6) is -0.611. The third-order valence-electron chi connectivity index (χ3n) is 3.35. The minimum atomic E-state index is -0.799. The van der Waals surface area contributed by atoms with E-state index in [2.05, 4.69) is 15.9 Å². The zero-order chi connectivity index (χ0) is 14.3. The van der Waals surface area contributed by atoms with Crippen molar-refractivity contribution in [1.29, 1.82) is 0 Å². The van der Waals surface area contributed by atoms with Gasteiger partial charge in [-0.05, 0) is 24.3 Å². The van der Waals surface area contributed by atoms with E-state index in [9.17, 15) is 13.9 Å². The maximum atomic E-state index is 14.0. The first-order chi connectivity index (χ1) is 9.54. The van der Waals surface area contributed by atoms with Crippen molar-refractivity contribution in [3.05, 3.63) is 63.6 Å². The smallest absolute Gasteiger partial charge is 0.131 e. The predicted molar refractivity (Wildman–Crippen MR) is 73.4 cm³/mol. The first-order valence-electron chi connectivity index (χ1n) is 6.13. The van der Waals surface area contributed by atoms with E-state index in [1.54, 1.807) is 12.1 Å². The van der Waals surface area contributed by atoms with Crippen LogP contribution in [0, 0.1) is 11.6 Å². The van der Waals surface area contributed by atoms with Crippen molar-refractivity contribution in [2.75, 3.05) is 0 Å². The van der Waals surface area contributed by atoms with Gasteiger partial charge in [0.15, 0.2) is 0 Å². The predicted octanol–water partition coefficient (Wildman–Crippen LogP) is 4.28. The van der Waals surface area contributed by atoms with E-state index in [0.29, 0.717) is 15.6 Å². The van der Waals surface area contributed by atoms with Crippen molar-refractivity contribution in [2.24, 2.45) is 0 Å². The lowest BCUT2D eigenvalue weighted by Gasteiger charge is -2.30. The third-order valence-corrected chi connectivity index (χ3v) is 3.84. The van der Waals surface area contributed by atoms with Gasteiger partial charge in [-0.15, -0.1) is 0 Å². The normalized spacial score (nSPS) is 21.2. The average molecular weight is 341 g/mol. The molecule has 20 heavy (non-hydrogen) atoms. The van der Waals surface area contributed by atoms with Gasteiger partial charge < -0.3 is 9.84 Å². The summed E-state index contributed by atoms with van der Waals surface area (Å²) in [6.45, 7) is 0. The van der Waals surface area contributed by atoms with Crippen molar-refractivity contribution in [1.82, 2.24) is 0 Å². The average Bonchev–Trinajstić information content (AvgIpc) is 2.37. The Morgan fingerprint density at radius 2 is 1.85 bits per heavy atom. The Labute approximate surface area is 123 Å². The van der Waals surface area contributed by atoms with Crippen molar-refractivity contribution in [2.45, 2.75) is 18.6 Å². The summed E-state index contributed by atoms with van der Waals surface area (Å²) >= 11 is 3.19. The summed E-state index contributed by atoms with van der Waals surface area (Å²) in [6.07, 6.45) is -1.20. The summed E-state index contributed by atoms with van der Waals surface area (Å²) < 4.78 is 33.5. The molecule has 1 aliphatic heterocycles. The van der Waals surface area contributed by atoms with Gasteiger partial charge in [-0.2, -0.15) is 0 Å². The molecule has 0 saturated carbocycles. The fraction of sp³-hybridized carbons (Fsp3) is 0.200. The van der Waals surface area contributed by atoms with Gasteiger partial charge in [-0.1, -0.05) is 22.0 Å². The van der Waals surface area contributed by atoms with Gasteiger partial charge in [0.25, 0.3) is 0 Å². The maximum Gasteiger partial charge on any atom is 0.131 e. The molecule has 0 fully saturated rings. The number of halogens is 3. The van der Waals surface area contributed by atoms with E-state index in [0.717, 1.165) is 0 Å². The van der Waals surface area contributed by atoms with Gasteiger partial charge in [0.1, 0.15) is 23.5 Å². The molecule has 104 valence electrons. The van der Waals surface area contributed by atoms with Crippen molar-refractivity contribution < 1.29 is 18.6 Å². The highest BCUT2D eigenvalue weighted by Crippen LogP contribution is 2.41. The van der Waals surface area contributed by atoms with E-state index in [4.69, 9.17) is 4.74 Å². The van der Waals surface area contributed by atoms with E-state index < -0.39 is 23.8 Å². The first kappa shape index (κ1) is 13.5. The Kier molecular flexibility index (Phi) is 3.48. The van der Waals surface area contributed by atoms with Crippen LogP contribution in [0.4, 0.5) is 8.78 Å². The van der Waals surface area contributed by atoms with Gasteiger partial charge in [0.2, 0.25) is 0 Å². The van der Waals surface area contributed by atoms with Crippen LogP contribution in [0.2, 0.25) is 0 Å². The zero-order valence-electron chi connectivity index (χ0n) is 10.3. The number of benzene rings is 2. The molecule has 1 N–H and O–H groups in total. The van der Waals surface area contributed by atoms with E-state index in [1.807, 2.05) is 0 Å². The molecule has 5 heteroatoms. The molecule has 0 saturated heterocycles. The zero-order valence-corrected chi connectivity index (χ0v) is 11.9. The minimum Gasteiger partial charge on any atom is -0.485 e. The molecule has 0 amide bonds. The molecule has 2 nitrogen and oxygen atoms in total. The molecular weight excluding hydrogens is 330 g/mol. The fourth-order valence-corrected chi connectivity index (χ4v) is 2.70. The Hall–Kier alpha value is -1.46. The molecule has 0 spiro atoms. The molecular formula is C15H11BrF2O2. The highest BCUT2D eigenvalue weighted by atomic mass is 79.9. The van der Waals surface area contributed by atoms with Gasteiger partial charge >= 0.3 is 0 Å². The van der Waals surface area contributed by atoms with Crippen LogP contribution in [-0.2, 0) is 0 Å². The second-order valence-electron chi connectivity index (χ2n) is 4.71. The quantitative estimate of drug-likeness (QED) is 0.839. The lowest BCUT2D eigenvalue weighted by atomic mass is 9.95. The number of hydrogen-bond acceptors (Lipinski definition) is 2. The second-order valence-corrected chi connectivity index (χ2v) is 5.62. The van der Waals surface area contributed by atoms with E-state index in [1.165, 1.54) is 24.3 Å². The number of hydrogen-bond donors (Lipinski definition) is 1. The molecule has 2 atom stereocenters. The Morgan fingerprint density at radius 3 is 2.60 bits per heavy atom. The number of ether oxygens (including phenoxy) is 1. The van der Waals surface area contributed by atoms with E-state index >= 15 is 0 Å². The maximum absolute atomic E-state index is 14.0. The summed E-state index contributed by atoms with van der Waals surface area (Å²) in [5.41, 5.74) is 0.877. The molecule has 1 aliphatic rings. The van der Waals surface area contributed by atoms with Crippen LogP contribution in [0.5, 0.6) is 5.75 Å². The van der Waals surface area contributed by atoms with Crippen LogP contribution in [0.25, 0.3) is 0 Å².